The topological polar surface area (TPSA) is 21.3 Å². The molecule has 2 heteroatoms. The quantitative estimate of drug-likeness (QED) is 0.909. The average molecular weight is 269 g/mol. The van der Waals surface area contributed by atoms with Crippen molar-refractivity contribution in [3.8, 4) is 0 Å². The van der Waals surface area contributed by atoms with E-state index in [1.807, 2.05) is 0 Å². The minimum absolute atomic E-state index is 0.569. The predicted octanol–water partition coefficient (Wildman–Crippen LogP) is 3.27. The summed E-state index contributed by atoms with van der Waals surface area (Å²) in [5, 5.41) is 3.63. The van der Waals surface area contributed by atoms with Crippen LogP contribution >= 0.6 is 0 Å². The Bertz CT molecular complexity index is 538. The normalized spacial score (nSPS) is 41.5. The number of rotatable bonds is 3. The highest BCUT2D eigenvalue weighted by molar-refractivity contribution is 5.36. The van der Waals surface area contributed by atoms with Gasteiger partial charge in [-0.05, 0) is 72.6 Å². The highest BCUT2D eigenvalue weighted by atomic mass is 16.5. The lowest BCUT2D eigenvalue weighted by Gasteiger charge is -2.21. The van der Waals surface area contributed by atoms with E-state index < -0.39 is 0 Å². The van der Waals surface area contributed by atoms with E-state index in [0.717, 1.165) is 42.8 Å². The zero-order chi connectivity index (χ0) is 13.3. The van der Waals surface area contributed by atoms with Crippen LogP contribution in [-0.2, 0) is 18.0 Å². The molecule has 3 aliphatic carbocycles. The molecular formula is C18H23NO. The van der Waals surface area contributed by atoms with Gasteiger partial charge in [-0.3, -0.25) is 0 Å². The third-order valence-electron chi connectivity index (χ3n) is 6.60. The van der Waals surface area contributed by atoms with Crippen LogP contribution in [0.15, 0.2) is 18.2 Å². The van der Waals surface area contributed by atoms with Gasteiger partial charge in [-0.25, -0.2) is 0 Å². The Morgan fingerprint density at radius 1 is 1.10 bits per heavy atom. The summed E-state index contributed by atoms with van der Waals surface area (Å²) in [5.74, 6) is 5.10. The van der Waals surface area contributed by atoms with Crippen LogP contribution in [0.3, 0.4) is 0 Å². The van der Waals surface area contributed by atoms with Crippen LogP contribution in [-0.4, -0.2) is 7.05 Å². The summed E-state index contributed by atoms with van der Waals surface area (Å²) in [6.45, 7) is 1.61. The van der Waals surface area contributed by atoms with Crippen molar-refractivity contribution in [2.24, 2.45) is 29.6 Å². The fourth-order valence-electron chi connectivity index (χ4n) is 5.81. The van der Waals surface area contributed by atoms with Gasteiger partial charge < -0.3 is 10.1 Å². The van der Waals surface area contributed by atoms with E-state index in [2.05, 4.69) is 30.6 Å². The summed E-state index contributed by atoms with van der Waals surface area (Å²) in [6, 6.07) is 7.60. The average Bonchev–Trinajstić information content (AvgIpc) is 2.89. The molecule has 0 aromatic heterocycles. The lowest BCUT2D eigenvalue weighted by Crippen LogP contribution is -2.22. The molecule has 2 bridgehead atoms. The van der Waals surface area contributed by atoms with E-state index in [1.165, 1.54) is 29.5 Å². The third kappa shape index (κ3) is 1.47. The molecule has 0 radical (unpaired) electrons. The third-order valence-corrected chi connectivity index (χ3v) is 6.60. The van der Waals surface area contributed by atoms with Gasteiger partial charge in [-0.1, -0.05) is 18.2 Å². The number of hydrogen-bond acceptors (Lipinski definition) is 2. The molecule has 1 N–H and O–H groups in total. The minimum Gasteiger partial charge on any atom is -0.372 e. The monoisotopic (exact) mass is 269 g/mol. The SMILES string of the molecule is CNC(c1ccc2c(c1)COC2)C1C2C3CCC(C3)C21. The maximum atomic E-state index is 5.56. The summed E-state index contributed by atoms with van der Waals surface area (Å²) in [7, 11) is 2.14. The minimum atomic E-state index is 0.569. The standard InChI is InChI=1S/C18H23NO/c1-19-18(12-4-5-13-8-20-9-14(13)7-12)17-15-10-2-3-11(6-10)16(15)17/h4-5,7,10-11,15-19H,2-3,6,8-9H2,1H3. The number of fused-ring (bicyclic) bond motifs is 6. The van der Waals surface area contributed by atoms with Gasteiger partial charge in [0.05, 0.1) is 13.2 Å². The number of hydrogen-bond donors (Lipinski definition) is 1. The van der Waals surface area contributed by atoms with Gasteiger partial charge in [-0.15, -0.1) is 0 Å². The van der Waals surface area contributed by atoms with Crippen molar-refractivity contribution in [3.63, 3.8) is 0 Å². The van der Waals surface area contributed by atoms with Crippen LogP contribution in [0, 0.1) is 29.6 Å². The summed E-state index contributed by atoms with van der Waals surface area (Å²) >= 11 is 0. The summed E-state index contributed by atoms with van der Waals surface area (Å²) in [6.07, 6.45) is 4.56. The predicted molar refractivity (Wildman–Crippen MR) is 78.0 cm³/mol. The van der Waals surface area contributed by atoms with Crippen LogP contribution in [0.2, 0.25) is 0 Å². The zero-order valence-corrected chi connectivity index (χ0v) is 12.1. The second-order valence-corrected chi connectivity index (χ2v) is 7.35. The lowest BCUT2D eigenvalue weighted by atomic mass is 9.91. The van der Waals surface area contributed by atoms with Crippen LogP contribution in [0.1, 0.15) is 42.0 Å². The first-order valence-corrected chi connectivity index (χ1v) is 8.23. The van der Waals surface area contributed by atoms with Gasteiger partial charge in [0.2, 0.25) is 0 Å². The van der Waals surface area contributed by atoms with Crippen molar-refractivity contribution in [3.05, 3.63) is 34.9 Å². The Morgan fingerprint density at radius 2 is 1.85 bits per heavy atom. The Morgan fingerprint density at radius 3 is 2.60 bits per heavy atom. The highest BCUT2D eigenvalue weighted by Gasteiger charge is 2.66. The van der Waals surface area contributed by atoms with E-state index >= 15 is 0 Å². The largest absolute Gasteiger partial charge is 0.372 e. The Labute approximate surface area is 120 Å². The molecule has 2 nitrogen and oxygen atoms in total. The van der Waals surface area contributed by atoms with Crippen molar-refractivity contribution < 1.29 is 4.74 Å². The van der Waals surface area contributed by atoms with Crippen LogP contribution < -0.4 is 5.32 Å². The fraction of sp³-hybridized carbons (Fsp3) is 0.667. The van der Waals surface area contributed by atoms with E-state index in [-0.39, 0.29) is 0 Å². The Hall–Kier alpha value is -0.860. The summed E-state index contributed by atoms with van der Waals surface area (Å²) < 4.78 is 5.56. The molecule has 1 aliphatic heterocycles. The molecule has 0 saturated heterocycles. The van der Waals surface area contributed by atoms with Crippen LogP contribution in [0.25, 0.3) is 0 Å². The molecule has 106 valence electrons. The first-order chi connectivity index (χ1) is 9.86. The van der Waals surface area contributed by atoms with Gasteiger partial charge in [0.15, 0.2) is 0 Å². The molecule has 1 aromatic rings. The molecule has 5 rings (SSSR count). The molecule has 1 aromatic carbocycles. The van der Waals surface area contributed by atoms with Crippen molar-refractivity contribution in [1.82, 2.24) is 5.32 Å². The van der Waals surface area contributed by atoms with Gasteiger partial charge in [0, 0.05) is 6.04 Å². The van der Waals surface area contributed by atoms with Crippen molar-refractivity contribution in [1.29, 1.82) is 0 Å². The van der Waals surface area contributed by atoms with E-state index in [4.69, 9.17) is 4.74 Å². The Kier molecular flexibility index (Phi) is 2.40. The summed E-state index contributed by atoms with van der Waals surface area (Å²) in [4.78, 5) is 0. The molecule has 4 aliphatic rings. The maximum Gasteiger partial charge on any atom is 0.0725 e. The number of benzene rings is 1. The van der Waals surface area contributed by atoms with Gasteiger partial charge in [0.25, 0.3) is 0 Å². The first kappa shape index (κ1) is 11.8. The highest BCUT2D eigenvalue weighted by Crippen LogP contribution is 2.72. The first-order valence-electron chi connectivity index (χ1n) is 8.23. The van der Waals surface area contributed by atoms with Crippen molar-refractivity contribution in [2.45, 2.75) is 38.5 Å². The number of nitrogens with one attached hydrogen (secondary N) is 1. The van der Waals surface area contributed by atoms with E-state index in [9.17, 15) is 0 Å². The molecule has 1 heterocycles. The van der Waals surface area contributed by atoms with Gasteiger partial charge in [-0.2, -0.15) is 0 Å². The molecular weight excluding hydrogens is 246 g/mol. The van der Waals surface area contributed by atoms with E-state index in [1.54, 1.807) is 6.42 Å². The molecule has 5 unspecified atom stereocenters. The van der Waals surface area contributed by atoms with Crippen molar-refractivity contribution in [2.75, 3.05) is 7.05 Å². The van der Waals surface area contributed by atoms with E-state index in [0.29, 0.717) is 6.04 Å². The smallest absolute Gasteiger partial charge is 0.0725 e. The number of ether oxygens (including phenoxy) is 1. The molecule has 20 heavy (non-hydrogen) atoms. The molecule has 0 spiro atoms. The molecule has 3 fully saturated rings. The zero-order valence-electron chi connectivity index (χ0n) is 12.1. The second-order valence-electron chi connectivity index (χ2n) is 7.35. The van der Waals surface area contributed by atoms with Crippen LogP contribution in [0.4, 0.5) is 0 Å². The van der Waals surface area contributed by atoms with Gasteiger partial charge in [0.1, 0.15) is 0 Å². The maximum absolute atomic E-state index is 5.56. The van der Waals surface area contributed by atoms with Gasteiger partial charge >= 0.3 is 0 Å². The van der Waals surface area contributed by atoms with Crippen LogP contribution in [0.5, 0.6) is 0 Å². The van der Waals surface area contributed by atoms with Crippen molar-refractivity contribution >= 4 is 0 Å². The molecule has 3 saturated carbocycles. The summed E-state index contributed by atoms with van der Waals surface area (Å²) in [5.41, 5.74) is 4.30. The second kappa shape index (κ2) is 4.08. The fourth-order valence-corrected chi connectivity index (χ4v) is 5.81. The molecule has 5 atom stereocenters. The lowest BCUT2D eigenvalue weighted by molar-refractivity contribution is 0.134. The molecule has 0 amide bonds. The Balaban J connectivity index is 1.44.